The number of para-hydroxylation sites is 1. The first-order valence-electron chi connectivity index (χ1n) is 8.80. The lowest BCUT2D eigenvalue weighted by atomic mass is 10.1. The number of aromatic nitrogens is 2. The Balaban J connectivity index is 1.66. The van der Waals surface area contributed by atoms with Crippen molar-refractivity contribution in [3.05, 3.63) is 90.4 Å². The normalized spacial score (nSPS) is 10.7. The second kappa shape index (κ2) is 7.36. The molecule has 1 amide bonds. The number of nitrogens with two attached hydrogens (primary N) is 1. The zero-order chi connectivity index (χ0) is 19.5. The Kier molecular flexibility index (Phi) is 4.60. The first kappa shape index (κ1) is 17.5. The molecule has 0 unspecified atom stereocenters. The van der Waals surface area contributed by atoms with Gasteiger partial charge in [0, 0.05) is 47.4 Å². The minimum absolute atomic E-state index is 0.373. The van der Waals surface area contributed by atoms with E-state index in [0.29, 0.717) is 23.5 Å². The quantitative estimate of drug-likeness (QED) is 0.320. The number of fused-ring (bicyclic) bond motifs is 1. The topological polar surface area (TPSA) is 90.0 Å². The van der Waals surface area contributed by atoms with Gasteiger partial charge in [0.25, 0.3) is 11.7 Å². The third kappa shape index (κ3) is 3.48. The van der Waals surface area contributed by atoms with Crippen molar-refractivity contribution >= 4 is 34.0 Å². The van der Waals surface area contributed by atoms with Crippen molar-refractivity contribution in [3.8, 4) is 0 Å². The number of hydrogen-bond acceptors (Lipinski definition) is 4. The molecule has 0 aliphatic heterocycles. The summed E-state index contributed by atoms with van der Waals surface area (Å²) in [5.41, 5.74) is 9.29. The van der Waals surface area contributed by atoms with Crippen molar-refractivity contribution in [1.82, 2.24) is 9.55 Å². The predicted octanol–water partition coefficient (Wildman–Crippen LogP) is 3.49. The van der Waals surface area contributed by atoms with Gasteiger partial charge in [-0.2, -0.15) is 0 Å². The molecule has 0 radical (unpaired) electrons. The highest BCUT2D eigenvalue weighted by Crippen LogP contribution is 2.23. The number of benzene rings is 2. The van der Waals surface area contributed by atoms with Gasteiger partial charge in [0.05, 0.1) is 5.56 Å². The summed E-state index contributed by atoms with van der Waals surface area (Å²) in [5, 5.41) is 3.36. The second-order valence-electron chi connectivity index (χ2n) is 6.45. The van der Waals surface area contributed by atoms with Crippen molar-refractivity contribution in [2.45, 2.75) is 6.54 Å². The highest BCUT2D eigenvalue weighted by molar-refractivity contribution is 6.48. The van der Waals surface area contributed by atoms with Gasteiger partial charge in [-0.25, -0.2) is 0 Å². The summed E-state index contributed by atoms with van der Waals surface area (Å²) in [6.45, 7) is 0.569. The molecule has 0 aliphatic carbocycles. The maximum absolute atomic E-state index is 12.8. The van der Waals surface area contributed by atoms with Gasteiger partial charge in [0.2, 0.25) is 0 Å². The molecule has 0 saturated carbocycles. The number of ketones is 1. The van der Waals surface area contributed by atoms with Crippen LogP contribution in [-0.2, 0) is 11.3 Å². The fourth-order valence-electron chi connectivity index (χ4n) is 3.12. The van der Waals surface area contributed by atoms with Gasteiger partial charge in [-0.3, -0.25) is 14.6 Å². The molecule has 0 aliphatic rings. The Morgan fingerprint density at radius 1 is 0.964 bits per heavy atom. The largest absolute Gasteiger partial charge is 0.399 e. The number of Topliss-reactive ketones (excluding diaryl/α,β-unsaturated/α-hetero) is 1. The summed E-state index contributed by atoms with van der Waals surface area (Å²) in [6, 6.07) is 18.4. The van der Waals surface area contributed by atoms with Crippen molar-refractivity contribution < 1.29 is 9.59 Å². The number of amides is 1. The third-order valence-corrected chi connectivity index (χ3v) is 4.51. The number of carbonyl (C=O) groups excluding carboxylic acids is 2. The lowest BCUT2D eigenvalue weighted by Crippen LogP contribution is -2.22. The fourth-order valence-corrected chi connectivity index (χ4v) is 3.12. The van der Waals surface area contributed by atoms with E-state index < -0.39 is 11.7 Å². The molecule has 0 saturated heterocycles. The molecule has 4 aromatic rings. The van der Waals surface area contributed by atoms with Crippen LogP contribution in [0.15, 0.2) is 79.3 Å². The maximum Gasteiger partial charge on any atom is 0.296 e. The molecular weight excluding hydrogens is 352 g/mol. The van der Waals surface area contributed by atoms with Crippen LogP contribution in [0.1, 0.15) is 15.9 Å². The summed E-state index contributed by atoms with van der Waals surface area (Å²) in [7, 11) is 0. The van der Waals surface area contributed by atoms with Crippen molar-refractivity contribution in [2.24, 2.45) is 0 Å². The van der Waals surface area contributed by atoms with Gasteiger partial charge in [-0.1, -0.05) is 30.3 Å². The van der Waals surface area contributed by atoms with Crippen LogP contribution in [0.25, 0.3) is 10.9 Å². The van der Waals surface area contributed by atoms with E-state index >= 15 is 0 Å². The lowest BCUT2D eigenvalue weighted by Gasteiger charge is -2.06. The maximum atomic E-state index is 12.8. The van der Waals surface area contributed by atoms with E-state index in [0.717, 1.165) is 16.5 Å². The molecule has 6 heteroatoms. The van der Waals surface area contributed by atoms with Crippen LogP contribution in [0, 0.1) is 0 Å². The summed E-state index contributed by atoms with van der Waals surface area (Å²) < 4.78 is 1.97. The smallest absolute Gasteiger partial charge is 0.296 e. The Labute approximate surface area is 161 Å². The first-order chi connectivity index (χ1) is 13.6. The minimum Gasteiger partial charge on any atom is -0.399 e. The standard InChI is InChI=1S/C22H18N4O2/c23-16-7-5-15(6-8-16)13-26-14-19(18-3-1-2-4-20(18)26)21(27)22(28)25-17-9-11-24-12-10-17/h1-12,14H,13,23H2,(H,24,25,28). The molecule has 2 aromatic heterocycles. The molecule has 4 rings (SSSR count). The number of nitrogen functional groups attached to an aromatic ring is 1. The highest BCUT2D eigenvalue weighted by atomic mass is 16.2. The molecule has 28 heavy (non-hydrogen) atoms. The van der Waals surface area contributed by atoms with Crippen molar-refractivity contribution in [1.29, 1.82) is 0 Å². The molecular formula is C22H18N4O2. The highest BCUT2D eigenvalue weighted by Gasteiger charge is 2.21. The van der Waals surface area contributed by atoms with E-state index in [4.69, 9.17) is 5.73 Å². The van der Waals surface area contributed by atoms with Gasteiger partial charge in [-0.05, 0) is 35.9 Å². The molecule has 138 valence electrons. The SMILES string of the molecule is Nc1ccc(Cn2cc(C(=O)C(=O)Nc3ccncc3)c3ccccc32)cc1. The molecule has 6 nitrogen and oxygen atoms in total. The van der Waals surface area contributed by atoms with Crippen LogP contribution in [0.2, 0.25) is 0 Å². The molecule has 2 heterocycles. The van der Waals surface area contributed by atoms with Gasteiger partial charge in [-0.15, -0.1) is 0 Å². The van der Waals surface area contributed by atoms with Crippen LogP contribution in [0.4, 0.5) is 11.4 Å². The van der Waals surface area contributed by atoms with Crippen LogP contribution in [0.5, 0.6) is 0 Å². The van der Waals surface area contributed by atoms with Crippen molar-refractivity contribution in [2.75, 3.05) is 11.1 Å². The van der Waals surface area contributed by atoms with Gasteiger partial charge in [0.15, 0.2) is 0 Å². The second-order valence-corrected chi connectivity index (χ2v) is 6.45. The Morgan fingerprint density at radius 2 is 1.68 bits per heavy atom. The van der Waals surface area contributed by atoms with Crippen LogP contribution >= 0.6 is 0 Å². The molecule has 0 spiro atoms. The summed E-state index contributed by atoms with van der Waals surface area (Å²) in [6.07, 6.45) is 4.84. The summed E-state index contributed by atoms with van der Waals surface area (Å²) in [5.74, 6) is -1.26. The van der Waals surface area contributed by atoms with E-state index in [1.807, 2.05) is 53.1 Å². The van der Waals surface area contributed by atoms with Crippen molar-refractivity contribution in [3.63, 3.8) is 0 Å². The van der Waals surface area contributed by atoms with Gasteiger partial charge in [0.1, 0.15) is 0 Å². The van der Waals surface area contributed by atoms with Crippen LogP contribution < -0.4 is 11.1 Å². The average molecular weight is 370 g/mol. The lowest BCUT2D eigenvalue weighted by molar-refractivity contribution is -0.112. The number of rotatable bonds is 5. The zero-order valence-corrected chi connectivity index (χ0v) is 15.0. The number of nitrogens with zero attached hydrogens (tertiary/aromatic N) is 2. The Hall–Kier alpha value is -3.93. The molecule has 0 atom stereocenters. The van der Waals surface area contributed by atoms with E-state index in [9.17, 15) is 9.59 Å². The minimum atomic E-state index is -0.679. The summed E-state index contributed by atoms with van der Waals surface area (Å²) >= 11 is 0. The van der Waals surface area contributed by atoms with Gasteiger partial charge < -0.3 is 15.6 Å². The first-order valence-corrected chi connectivity index (χ1v) is 8.80. The number of anilines is 2. The Bertz CT molecular complexity index is 1150. The van der Waals surface area contributed by atoms with E-state index in [-0.39, 0.29) is 0 Å². The zero-order valence-electron chi connectivity index (χ0n) is 15.0. The van der Waals surface area contributed by atoms with Gasteiger partial charge >= 0.3 is 0 Å². The van der Waals surface area contributed by atoms with E-state index in [1.54, 1.807) is 30.7 Å². The number of pyridine rings is 1. The van der Waals surface area contributed by atoms with E-state index in [1.165, 1.54) is 0 Å². The summed E-state index contributed by atoms with van der Waals surface area (Å²) in [4.78, 5) is 29.2. The van der Waals surface area contributed by atoms with Crippen LogP contribution in [0.3, 0.4) is 0 Å². The van der Waals surface area contributed by atoms with E-state index in [2.05, 4.69) is 10.3 Å². The number of nitrogens with one attached hydrogen (secondary N) is 1. The number of carbonyl (C=O) groups is 2. The predicted molar refractivity (Wildman–Crippen MR) is 109 cm³/mol. The molecule has 2 aromatic carbocycles. The average Bonchev–Trinajstić information content (AvgIpc) is 3.08. The number of hydrogen-bond donors (Lipinski definition) is 2. The monoisotopic (exact) mass is 370 g/mol. The molecule has 0 fully saturated rings. The molecule has 0 bridgehead atoms. The fraction of sp³-hybridized carbons (Fsp3) is 0.0455. The third-order valence-electron chi connectivity index (χ3n) is 4.51. The van der Waals surface area contributed by atoms with Crippen LogP contribution in [-0.4, -0.2) is 21.2 Å². The Morgan fingerprint density at radius 3 is 2.43 bits per heavy atom. The molecule has 3 N–H and O–H groups in total.